The number of urea groups is 1. The molecule has 0 aliphatic carbocycles. The van der Waals surface area contributed by atoms with Gasteiger partial charge in [0.05, 0.1) is 36.7 Å². The molecule has 0 atom stereocenters. The molecular formula is C28H30F3N5O3. The van der Waals surface area contributed by atoms with Crippen LogP contribution in [0.25, 0.3) is 22.0 Å². The second-order valence-electron chi connectivity index (χ2n) is 8.68. The Labute approximate surface area is 224 Å². The molecule has 2 N–H and O–H groups in total. The number of carbonyl (C=O) groups is 1. The highest BCUT2D eigenvalue weighted by atomic mass is 19.4. The van der Waals surface area contributed by atoms with Gasteiger partial charge >= 0.3 is 12.2 Å². The maximum absolute atomic E-state index is 13.7. The lowest BCUT2D eigenvalue weighted by atomic mass is 10.0. The van der Waals surface area contributed by atoms with E-state index in [9.17, 15) is 18.0 Å². The number of ether oxygens (including phenoxy) is 2. The smallest absolute Gasteiger partial charge is 0.420 e. The van der Waals surface area contributed by atoms with Gasteiger partial charge in [-0.2, -0.15) is 18.3 Å². The largest absolute Gasteiger partial charge is 0.490 e. The number of rotatable bonds is 5. The van der Waals surface area contributed by atoms with Crippen LogP contribution in [0.3, 0.4) is 0 Å². The van der Waals surface area contributed by atoms with E-state index >= 15 is 0 Å². The molecule has 1 aliphatic heterocycles. The van der Waals surface area contributed by atoms with Crippen LogP contribution in [0.1, 0.15) is 32.3 Å². The second-order valence-corrected chi connectivity index (χ2v) is 8.68. The van der Waals surface area contributed by atoms with Gasteiger partial charge in [0.25, 0.3) is 0 Å². The number of aryl methyl sites for hydroxylation is 1. The number of benzene rings is 2. The maximum atomic E-state index is 13.7. The third kappa shape index (κ3) is 6.66. The fourth-order valence-corrected chi connectivity index (χ4v) is 4.22. The molecule has 1 aliphatic rings. The molecule has 8 nitrogen and oxygen atoms in total. The van der Waals surface area contributed by atoms with Crippen LogP contribution in [0.15, 0.2) is 61.1 Å². The number of halogens is 3. The van der Waals surface area contributed by atoms with Gasteiger partial charge < -0.3 is 20.1 Å². The standard InChI is InChI=1S/C26H24F3N5O3.C2H6/c1-34-23-15-30-13-20(21(23)14-31-34)16-2-4-17(5-3-16)32-25(35)33-18-6-7-24(22(12-18)26(27,28)29)37-19-8-10-36-11-9-19;1-2/h2-7,12-15,19H,8-11H2,1H3,(H2,32,33,35);1-2H3. The first-order valence-electron chi connectivity index (χ1n) is 12.7. The predicted octanol–water partition coefficient (Wildman–Crippen LogP) is 6.88. The van der Waals surface area contributed by atoms with Crippen LogP contribution < -0.4 is 15.4 Å². The zero-order valence-corrected chi connectivity index (χ0v) is 21.9. The summed E-state index contributed by atoms with van der Waals surface area (Å²) in [5.41, 5.74) is 2.19. The van der Waals surface area contributed by atoms with Gasteiger partial charge in [-0.3, -0.25) is 9.67 Å². The zero-order chi connectivity index (χ0) is 28.0. The summed E-state index contributed by atoms with van der Waals surface area (Å²) in [7, 11) is 1.84. The first kappa shape index (κ1) is 27.9. The number of nitrogens with one attached hydrogen (secondary N) is 2. The summed E-state index contributed by atoms with van der Waals surface area (Å²) in [4.78, 5) is 16.8. The Hall–Kier alpha value is -4.12. The molecule has 5 rings (SSSR count). The Bertz CT molecular complexity index is 1410. The van der Waals surface area contributed by atoms with E-state index in [1.165, 1.54) is 12.1 Å². The maximum Gasteiger partial charge on any atom is 0.420 e. The number of carbonyl (C=O) groups excluding carboxylic acids is 1. The van der Waals surface area contributed by atoms with Crippen molar-refractivity contribution in [3.63, 3.8) is 0 Å². The van der Waals surface area contributed by atoms with Crippen molar-refractivity contribution in [2.45, 2.75) is 39.0 Å². The third-order valence-corrected chi connectivity index (χ3v) is 6.13. The van der Waals surface area contributed by atoms with E-state index in [4.69, 9.17) is 9.47 Å². The number of alkyl halides is 3. The Balaban J connectivity index is 0.00000172. The fraction of sp³-hybridized carbons (Fsp3) is 0.321. The molecule has 4 aromatic rings. The van der Waals surface area contributed by atoms with E-state index in [-0.39, 0.29) is 17.5 Å². The number of hydrogen-bond donors (Lipinski definition) is 2. The molecule has 0 unspecified atom stereocenters. The molecule has 0 spiro atoms. The molecule has 0 radical (unpaired) electrons. The quantitative estimate of drug-likeness (QED) is 0.287. The van der Waals surface area contributed by atoms with Crippen LogP contribution in [0.5, 0.6) is 5.75 Å². The van der Waals surface area contributed by atoms with Gasteiger partial charge in [0.15, 0.2) is 0 Å². The van der Waals surface area contributed by atoms with E-state index in [0.717, 1.165) is 28.1 Å². The molecule has 1 saturated heterocycles. The molecular weight excluding hydrogens is 511 g/mol. The van der Waals surface area contributed by atoms with Crippen molar-refractivity contribution in [1.29, 1.82) is 0 Å². The van der Waals surface area contributed by atoms with Crippen molar-refractivity contribution < 1.29 is 27.4 Å². The summed E-state index contributed by atoms with van der Waals surface area (Å²) in [6.07, 6.45) is 1.30. The topological polar surface area (TPSA) is 90.3 Å². The number of pyridine rings is 1. The number of amides is 2. The summed E-state index contributed by atoms with van der Waals surface area (Å²) >= 11 is 0. The molecule has 2 amide bonds. The third-order valence-electron chi connectivity index (χ3n) is 6.13. The van der Waals surface area contributed by atoms with Gasteiger partial charge in [0, 0.05) is 48.4 Å². The van der Waals surface area contributed by atoms with Gasteiger partial charge in [-0.15, -0.1) is 0 Å². The van der Waals surface area contributed by atoms with Gasteiger partial charge in [-0.1, -0.05) is 26.0 Å². The van der Waals surface area contributed by atoms with Gasteiger partial charge in [0.2, 0.25) is 0 Å². The van der Waals surface area contributed by atoms with Crippen LogP contribution >= 0.6 is 0 Å². The minimum atomic E-state index is -4.64. The van der Waals surface area contributed by atoms with Crippen molar-refractivity contribution in [2.75, 3.05) is 23.8 Å². The van der Waals surface area contributed by atoms with Crippen molar-refractivity contribution in [1.82, 2.24) is 14.8 Å². The summed E-state index contributed by atoms with van der Waals surface area (Å²) in [6, 6.07) is 9.87. The van der Waals surface area contributed by atoms with E-state index in [1.54, 1.807) is 35.4 Å². The molecule has 206 valence electrons. The lowest BCUT2D eigenvalue weighted by molar-refractivity contribution is -0.139. The first-order chi connectivity index (χ1) is 18.8. The highest BCUT2D eigenvalue weighted by Gasteiger charge is 2.35. The van der Waals surface area contributed by atoms with Crippen molar-refractivity contribution in [3.8, 4) is 16.9 Å². The number of aromatic nitrogens is 3. The lowest BCUT2D eigenvalue weighted by Gasteiger charge is -2.25. The van der Waals surface area contributed by atoms with Crippen LogP contribution in [-0.4, -0.2) is 40.1 Å². The summed E-state index contributed by atoms with van der Waals surface area (Å²) in [5, 5.41) is 10.3. The van der Waals surface area contributed by atoms with Crippen LogP contribution in [-0.2, 0) is 18.0 Å². The van der Waals surface area contributed by atoms with Crippen LogP contribution in [0, 0.1) is 0 Å². The number of anilines is 2. The van der Waals surface area contributed by atoms with E-state index in [2.05, 4.69) is 20.7 Å². The van der Waals surface area contributed by atoms with Gasteiger partial charge in [-0.25, -0.2) is 4.79 Å². The summed E-state index contributed by atoms with van der Waals surface area (Å²) < 4.78 is 53.7. The minimum Gasteiger partial charge on any atom is -0.490 e. The monoisotopic (exact) mass is 541 g/mol. The SMILES string of the molecule is CC.Cn1ncc2c(-c3ccc(NC(=O)Nc4ccc(OC5CCOCC5)c(C(F)(F)F)c4)cc3)cncc21. The number of fused-ring (bicyclic) bond motifs is 1. The molecule has 1 fully saturated rings. The summed E-state index contributed by atoms with van der Waals surface area (Å²) in [5.74, 6) is -0.265. The average Bonchev–Trinajstić information content (AvgIpc) is 3.32. The molecule has 0 saturated carbocycles. The predicted molar refractivity (Wildman–Crippen MR) is 144 cm³/mol. The molecule has 2 aromatic heterocycles. The first-order valence-corrected chi connectivity index (χ1v) is 12.7. The van der Waals surface area contributed by atoms with E-state index in [1.807, 2.05) is 33.0 Å². The Kier molecular flexibility index (Phi) is 8.70. The molecule has 39 heavy (non-hydrogen) atoms. The van der Waals surface area contributed by atoms with Gasteiger partial charge in [0.1, 0.15) is 11.9 Å². The van der Waals surface area contributed by atoms with Crippen molar-refractivity contribution >= 4 is 28.3 Å². The fourth-order valence-electron chi connectivity index (χ4n) is 4.22. The number of hydrogen-bond acceptors (Lipinski definition) is 5. The van der Waals surface area contributed by atoms with Crippen LogP contribution in [0.4, 0.5) is 29.3 Å². The Morgan fingerprint density at radius 2 is 1.67 bits per heavy atom. The minimum absolute atomic E-state index is 0.00453. The van der Waals surface area contributed by atoms with Gasteiger partial charge in [-0.05, 0) is 35.9 Å². The highest BCUT2D eigenvalue weighted by Crippen LogP contribution is 2.39. The van der Waals surface area contributed by atoms with Crippen LogP contribution in [0.2, 0.25) is 0 Å². The van der Waals surface area contributed by atoms with E-state index < -0.39 is 17.8 Å². The molecule has 2 aromatic carbocycles. The molecule has 3 heterocycles. The second kappa shape index (κ2) is 12.2. The lowest BCUT2D eigenvalue weighted by Crippen LogP contribution is -2.27. The Morgan fingerprint density at radius 3 is 2.36 bits per heavy atom. The van der Waals surface area contributed by atoms with Crippen molar-refractivity contribution in [2.24, 2.45) is 7.05 Å². The normalized spacial score (nSPS) is 13.9. The zero-order valence-electron chi connectivity index (χ0n) is 21.9. The Morgan fingerprint density at radius 1 is 1.00 bits per heavy atom. The van der Waals surface area contributed by atoms with Crippen molar-refractivity contribution in [3.05, 3.63) is 66.6 Å². The summed E-state index contributed by atoms with van der Waals surface area (Å²) in [6.45, 7) is 4.89. The average molecular weight is 542 g/mol. The van der Waals surface area contributed by atoms with E-state index in [0.29, 0.717) is 31.7 Å². The molecule has 0 bridgehead atoms. The number of nitrogens with zero attached hydrogens (tertiary/aromatic N) is 3. The molecule has 11 heteroatoms. The highest BCUT2D eigenvalue weighted by molar-refractivity contribution is 6.00.